The van der Waals surface area contributed by atoms with Crippen LogP contribution in [0.2, 0.25) is 0 Å². The van der Waals surface area contributed by atoms with Crippen molar-refractivity contribution in [2.75, 3.05) is 33.4 Å². The Morgan fingerprint density at radius 1 is 1.39 bits per heavy atom. The second kappa shape index (κ2) is 10.3. The minimum absolute atomic E-state index is 0.191. The van der Waals surface area contributed by atoms with Crippen LogP contribution in [-0.2, 0) is 9.53 Å². The second-order valence-electron chi connectivity index (χ2n) is 4.58. The number of hydrogen-bond acceptors (Lipinski definition) is 4. The Hall–Kier alpha value is -0.650. The summed E-state index contributed by atoms with van der Waals surface area (Å²) in [5, 5.41) is 12.1. The summed E-state index contributed by atoms with van der Waals surface area (Å²) in [4.78, 5) is 13.3. The number of hydrogen-bond donors (Lipinski definition) is 2. The molecule has 0 heterocycles. The first kappa shape index (κ1) is 17.4. The molecule has 5 heteroatoms. The smallest absolute Gasteiger partial charge is 0.323 e. The van der Waals surface area contributed by atoms with E-state index in [0.717, 1.165) is 32.5 Å². The predicted octanol–water partition coefficient (Wildman–Crippen LogP) is 1.19. The zero-order valence-electron chi connectivity index (χ0n) is 12.1. The van der Waals surface area contributed by atoms with E-state index in [1.54, 1.807) is 0 Å². The van der Waals surface area contributed by atoms with E-state index in [2.05, 4.69) is 24.1 Å². The lowest BCUT2D eigenvalue weighted by Crippen LogP contribution is -2.45. The molecular weight excluding hydrogens is 232 g/mol. The van der Waals surface area contributed by atoms with Crippen molar-refractivity contribution in [3.63, 3.8) is 0 Å². The van der Waals surface area contributed by atoms with Gasteiger partial charge in [-0.05, 0) is 39.4 Å². The molecule has 0 aliphatic rings. The van der Waals surface area contributed by atoms with Gasteiger partial charge in [-0.1, -0.05) is 13.8 Å². The van der Waals surface area contributed by atoms with E-state index in [1.165, 1.54) is 7.11 Å². The highest BCUT2D eigenvalue weighted by molar-refractivity contribution is 5.73. The summed E-state index contributed by atoms with van der Waals surface area (Å²) in [5.41, 5.74) is 0. The molecule has 0 aliphatic carbocycles. The Labute approximate surface area is 110 Å². The fourth-order valence-corrected chi connectivity index (χ4v) is 1.95. The van der Waals surface area contributed by atoms with Crippen molar-refractivity contribution in [2.24, 2.45) is 0 Å². The highest BCUT2D eigenvalue weighted by atomic mass is 16.5. The number of aliphatic carboxylic acids is 1. The number of carbonyl (C=O) groups is 1. The van der Waals surface area contributed by atoms with Crippen LogP contribution in [0.3, 0.4) is 0 Å². The van der Waals surface area contributed by atoms with Crippen molar-refractivity contribution in [1.82, 2.24) is 10.2 Å². The average molecular weight is 260 g/mol. The number of ether oxygens (including phenoxy) is 1. The summed E-state index contributed by atoms with van der Waals surface area (Å²) in [6.07, 6.45) is 2.05. The fraction of sp³-hybridized carbons (Fsp3) is 0.923. The number of methoxy groups -OCH3 is 1. The normalized spacial score (nSPS) is 14.7. The van der Waals surface area contributed by atoms with Gasteiger partial charge in [0.25, 0.3) is 0 Å². The Bertz CT molecular complexity index is 220. The monoisotopic (exact) mass is 260 g/mol. The van der Waals surface area contributed by atoms with Crippen molar-refractivity contribution in [3.8, 4) is 0 Å². The van der Waals surface area contributed by atoms with Crippen molar-refractivity contribution < 1.29 is 14.6 Å². The predicted molar refractivity (Wildman–Crippen MR) is 72.9 cm³/mol. The Balaban J connectivity index is 3.87. The molecule has 0 amide bonds. The lowest BCUT2D eigenvalue weighted by Gasteiger charge is -2.22. The van der Waals surface area contributed by atoms with Crippen molar-refractivity contribution in [3.05, 3.63) is 0 Å². The third-order valence-corrected chi connectivity index (χ3v) is 3.12. The molecule has 0 aromatic rings. The van der Waals surface area contributed by atoms with Gasteiger partial charge in [-0.3, -0.25) is 10.1 Å². The van der Waals surface area contributed by atoms with E-state index in [-0.39, 0.29) is 12.6 Å². The highest BCUT2D eigenvalue weighted by Crippen LogP contribution is 2.01. The molecule has 5 nitrogen and oxygen atoms in total. The number of carboxylic acid groups (broad SMARTS) is 1. The lowest BCUT2D eigenvalue weighted by molar-refractivity contribution is -0.141. The molecule has 108 valence electrons. The maximum Gasteiger partial charge on any atom is 0.323 e. The van der Waals surface area contributed by atoms with E-state index in [9.17, 15) is 4.79 Å². The van der Waals surface area contributed by atoms with Gasteiger partial charge >= 0.3 is 5.97 Å². The molecule has 2 unspecified atom stereocenters. The summed E-state index contributed by atoms with van der Waals surface area (Å²) in [6.45, 7) is 9.75. The van der Waals surface area contributed by atoms with Crippen molar-refractivity contribution in [2.45, 2.75) is 45.7 Å². The zero-order chi connectivity index (χ0) is 14.0. The molecule has 0 spiro atoms. The maximum absolute atomic E-state index is 10.9. The van der Waals surface area contributed by atoms with Crippen LogP contribution in [0.15, 0.2) is 0 Å². The molecule has 0 aromatic heterocycles. The molecule has 0 saturated carbocycles. The molecule has 0 aromatic carbocycles. The van der Waals surface area contributed by atoms with Crippen LogP contribution in [0.5, 0.6) is 0 Å². The van der Waals surface area contributed by atoms with Crippen molar-refractivity contribution in [1.29, 1.82) is 0 Å². The Morgan fingerprint density at radius 2 is 2.00 bits per heavy atom. The molecule has 2 atom stereocenters. The van der Waals surface area contributed by atoms with Crippen LogP contribution in [0.1, 0.15) is 33.6 Å². The molecule has 2 N–H and O–H groups in total. The van der Waals surface area contributed by atoms with Gasteiger partial charge in [0.15, 0.2) is 0 Å². The van der Waals surface area contributed by atoms with Gasteiger partial charge in [0, 0.05) is 13.2 Å². The van der Waals surface area contributed by atoms with Gasteiger partial charge < -0.3 is 14.7 Å². The summed E-state index contributed by atoms with van der Waals surface area (Å²) < 4.78 is 4.89. The van der Waals surface area contributed by atoms with Crippen LogP contribution in [0.25, 0.3) is 0 Å². The van der Waals surface area contributed by atoms with Crippen LogP contribution in [0, 0.1) is 0 Å². The van der Waals surface area contributed by atoms with Gasteiger partial charge in [0.2, 0.25) is 0 Å². The molecule has 0 rings (SSSR count). The number of nitrogens with zero attached hydrogens (tertiary/aromatic N) is 1. The largest absolute Gasteiger partial charge is 0.480 e. The number of carboxylic acids is 1. The quantitative estimate of drug-likeness (QED) is 0.584. The first-order valence-corrected chi connectivity index (χ1v) is 6.75. The van der Waals surface area contributed by atoms with Crippen molar-refractivity contribution >= 4 is 5.97 Å². The second-order valence-corrected chi connectivity index (χ2v) is 4.58. The minimum atomic E-state index is -0.854. The summed E-state index contributed by atoms with van der Waals surface area (Å²) >= 11 is 0. The van der Waals surface area contributed by atoms with Gasteiger partial charge in [-0.25, -0.2) is 0 Å². The van der Waals surface area contributed by atoms with E-state index < -0.39 is 12.0 Å². The highest BCUT2D eigenvalue weighted by Gasteiger charge is 2.18. The maximum atomic E-state index is 10.9. The van der Waals surface area contributed by atoms with Gasteiger partial charge in [0.05, 0.1) is 6.61 Å². The van der Waals surface area contributed by atoms with Gasteiger partial charge in [0.1, 0.15) is 6.04 Å². The zero-order valence-corrected chi connectivity index (χ0v) is 12.1. The van der Waals surface area contributed by atoms with E-state index in [0.29, 0.717) is 0 Å². The third kappa shape index (κ3) is 7.63. The topological polar surface area (TPSA) is 61.8 Å². The summed E-state index contributed by atoms with van der Waals surface area (Å²) in [5.74, 6) is -0.854. The molecule has 0 radical (unpaired) electrons. The molecule has 0 fully saturated rings. The van der Waals surface area contributed by atoms with Gasteiger partial charge in [-0.15, -0.1) is 0 Å². The number of rotatable bonds is 11. The fourth-order valence-electron chi connectivity index (χ4n) is 1.95. The molecule has 0 saturated heterocycles. The van der Waals surface area contributed by atoms with Gasteiger partial charge in [-0.2, -0.15) is 0 Å². The number of nitrogens with one attached hydrogen (secondary N) is 1. The average Bonchev–Trinajstić information content (AvgIpc) is 2.34. The SMILES string of the molecule is CCN(CC)CCCC(C)NC(COC)C(=O)O. The van der Waals surface area contributed by atoms with Crippen LogP contribution in [-0.4, -0.2) is 61.4 Å². The van der Waals surface area contributed by atoms with Crippen LogP contribution >= 0.6 is 0 Å². The summed E-state index contributed by atoms with van der Waals surface area (Å²) in [6, 6.07) is -0.421. The Morgan fingerprint density at radius 3 is 2.44 bits per heavy atom. The molecule has 18 heavy (non-hydrogen) atoms. The molecular formula is C13H28N2O3. The van der Waals surface area contributed by atoms with Crippen LogP contribution < -0.4 is 5.32 Å². The van der Waals surface area contributed by atoms with E-state index >= 15 is 0 Å². The minimum Gasteiger partial charge on any atom is -0.480 e. The molecule has 0 aliphatic heterocycles. The van der Waals surface area contributed by atoms with Crippen LogP contribution in [0.4, 0.5) is 0 Å². The van der Waals surface area contributed by atoms with E-state index in [4.69, 9.17) is 9.84 Å². The molecule has 0 bridgehead atoms. The van der Waals surface area contributed by atoms with E-state index in [1.807, 2.05) is 6.92 Å². The first-order chi connectivity index (χ1) is 8.54. The first-order valence-electron chi connectivity index (χ1n) is 6.75. The standard InChI is InChI=1S/C13H28N2O3/c1-5-15(6-2)9-7-8-11(3)14-12(10-18-4)13(16)17/h11-12,14H,5-10H2,1-4H3,(H,16,17). The third-order valence-electron chi connectivity index (χ3n) is 3.12. The Kier molecular flexibility index (Phi) is 9.92. The summed E-state index contributed by atoms with van der Waals surface area (Å²) in [7, 11) is 1.52. The lowest BCUT2D eigenvalue weighted by atomic mass is 10.1.